The molecule has 0 saturated carbocycles. The molecule has 5 heteroatoms. The highest BCUT2D eigenvalue weighted by Gasteiger charge is 2.30. The van der Waals surface area contributed by atoms with E-state index in [0.717, 1.165) is 49.2 Å². The van der Waals surface area contributed by atoms with Crippen LogP contribution in [0.1, 0.15) is 48.2 Å². The molecule has 2 N–H and O–H groups in total. The van der Waals surface area contributed by atoms with Crippen molar-refractivity contribution in [2.24, 2.45) is 5.73 Å². The second-order valence-corrected chi connectivity index (χ2v) is 7.33. The lowest BCUT2D eigenvalue weighted by Gasteiger charge is -2.39. The Morgan fingerprint density at radius 1 is 1.35 bits per heavy atom. The highest BCUT2D eigenvalue weighted by atomic mass is 16.2. The van der Waals surface area contributed by atoms with E-state index in [1.54, 1.807) is 4.90 Å². The molecule has 1 atom stereocenters. The van der Waals surface area contributed by atoms with Crippen LogP contribution in [0, 0.1) is 0 Å². The van der Waals surface area contributed by atoms with Crippen molar-refractivity contribution in [2.75, 3.05) is 25.0 Å². The summed E-state index contributed by atoms with van der Waals surface area (Å²) >= 11 is 0. The van der Waals surface area contributed by atoms with Crippen LogP contribution in [0.25, 0.3) is 5.57 Å². The minimum absolute atomic E-state index is 0.0434. The van der Waals surface area contributed by atoms with Crippen molar-refractivity contribution >= 4 is 23.1 Å². The van der Waals surface area contributed by atoms with Gasteiger partial charge in [-0.2, -0.15) is 0 Å². The quantitative estimate of drug-likeness (QED) is 0.847. The maximum atomic E-state index is 12.0. The van der Waals surface area contributed by atoms with Crippen molar-refractivity contribution in [3.63, 3.8) is 0 Å². The number of primary amides is 1. The molecule has 1 heterocycles. The summed E-state index contributed by atoms with van der Waals surface area (Å²) in [5, 5.41) is 0. The van der Waals surface area contributed by atoms with E-state index < -0.39 is 0 Å². The van der Waals surface area contributed by atoms with Crippen LogP contribution in [0.2, 0.25) is 0 Å². The van der Waals surface area contributed by atoms with Gasteiger partial charge in [0.05, 0.1) is 0 Å². The van der Waals surface area contributed by atoms with Crippen LogP contribution in [0.15, 0.2) is 30.4 Å². The van der Waals surface area contributed by atoms with Gasteiger partial charge in [0, 0.05) is 43.0 Å². The third-order valence-electron chi connectivity index (χ3n) is 5.82. The van der Waals surface area contributed by atoms with Crippen LogP contribution < -0.4 is 10.6 Å². The Hall–Kier alpha value is -2.56. The first-order valence-corrected chi connectivity index (χ1v) is 9.11. The molecule has 2 aliphatic rings. The molecule has 0 spiro atoms. The van der Waals surface area contributed by atoms with Crippen LogP contribution >= 0.6 is 0 Å². The number of amides is 2. The normalized spacial score (nSPS) is 19.3. The summed E-state index contributed by atoms with van der Waals surface area (Å²) in [6.07, 6.45) is 4.16. The van der Waals surface area contributed by atoms with Crippen molar-refractivity contribution in [1.29, 1.82) is 0 Å². The van der Waals surface area contributed by atoms with Gasteiger partial charge in [0.25, 0.3) is 0 Å². The summed E-state index contributed by atoms with van der Waals surface area (Å²) in [7, 11) is 1.84. The zero-order valence-electron chi connectivity index (χ0n) is 15.8. The van der Waals surface area contributed by atoms with Gasteiger partial charge in [-0.05, 0) is 62.5 Å². The van der Waals surface area contributed by atoms with E-state index in [4.69, 9.17) is 5.73 Å². The highest BCUT2D eigenvalue weighted by molar-refractivity contribution is 5.99. The number of carbonyl (C=O) groups excluding carboxylic acids is 2. The first-order chi connectivity index (χ1) is 12.3. The number of fused-ring (bicyclic) bond motifs is 1. The van der Waals surface area contributed by atoms with Gasteiger partial charge in [-0.15, -0.1) is 0 Å². The topological polar surface area (TPSA) is 66.6 Å². The SMILES string of the molecule is C=CC(=O)N(C)C1CCCN(c2ccc(C(N)=O)c3c2C(C)=C(C)C3)C1. The smallest absolute Gasteiger partial charge is 0.249 e. The number of nitrogens with two attached hydrogens (primary N) is 1. The van der Waals surface area contributed by atoms with Gasteiger partial charge in [0.15, 0.2) is 0 Å². The monoisotopic (exact) mass is 353 g/mol. The van der Waals surface area contributed by atoms with Crippen molar-refractivity contribution in [3.05, 3.63) is 47.1 Å². The van der Waals surface area contributed by atoms with Gasteiger partial charge in [-0.25, -0.2) is 0 Å². The molecule has 26 heavy (non-hydrogen) atoms. The molecule has 1 aliphatic heterocycles. The molecule has 2 amide bonds. The zero-order chi connectivity index (χ0) is 19.0. The maximum Gasteiger partial charge on any atom is 0.249 e. The van der Waals surface area contributed by atoms with Crippen molar-refractivity contribution < 1.29 is 9.59 Å². The van der Waals surface area contributed by atoms with Gasteiger partial charge in [-0.3, -0.25) is 9.59 Å². The molecular weight excluding hydrogens is 326 g/mol. The molecule has 1 unspecified atom stereocenters. The molecule has 1 fully saturated rings. The lowest BCUT2D eigenvalue weighted by Crippen LogP contribution is -2.48. The first-order valence-electron chi connectivity index (χ1n) is 9.11. The molecule has 5 nitrogen and oxygen atoms in total. The third kappa shape index (κ3) is 3.02. The van der Waals surface area contributed by atoms with E-state index in [0.29, 0.717) is 5.56 Å². The summed E-state index contributed by atoms with van der Waals surface area (Å²) in [6, 6.07) is 4.02. The molecule has 138 valence electrons. The Morgan fingerprint density at radius 2 is 2.08 bits per heavy atom. The molecular formula is C21H27N3O2. The number of likely N-dealkylation sites (N-methyl/N-ethyl adjacent to an activating group) is 1. The van der Waals surface area contributed by atoms with E-state index in [9.17, 15) is 9.59 Å². The molecule has 0 bridgehead atoms. The number of benzene rings is 1. The summed E-state index contributed by atoms with van der Waals surface area (Å²) in [4.78, 5) is 28.0. The van der Waals surface area contributed by atoms with Crippen LogP contribution in [0.4, 0.5) is 5.69 Å². The summed E-state index contributed by atoms with van der Waals surface area (Å²) in [6.45, 7) is 9.54. The fourth-order valence-corrected chi connectivity index (χ4v) is 4.16. The Labute approximate surface area is 155 Å². The number of piperidine rings is 1. The first kappa shape index (κ1) is 18.2. The Balaban J connectivity index is 1.97. The van der Waals surface area contributed by atoms with Crippen LogP contribution in [0.3, 0.4) is 0 Å². The van der Waals surface area contributed by atoms with Gasteiger partial charge in [0.2, 0.25) is 11.8 Å². The average molecular weight is 353 g/mol. The van der Waals surface area contributed by atoms with Crippen LogP contribution in [-0.4, -0.2) is 42.9 Å². The van der Waals surface area contributed by atoms with Gasteiger partial charge in [-0.1, -0.05) is 12.2 Å². The predicted octanol–water partition coefficient (Wildman–Crippen LogP) is 2.75. The van der Waals surface area contributed by atoms with Crippen LogP contribution in [-0.2, 0) is 11.2 Å². The van der Waals surface area contributed by atoms with E-state index in [1.165, 1.54) is 17.2 Å². The molecule has 0 aromatic heterocycles. The standard InChI is InChI=1S/C21H27N3O2/c1-5-19(25)23(4)15-7-6-10-24(12-15)18-9-8-16(21(22)26)17-11-13(2)14(3)20(17)18/h5,8-9,15H,1,6-7,10-12H2,2-4H3,(H2,22,26). The molecule has 0 radical (unpaired) electrons. The van der Waals surface area contributed by atoms with E-state index in [2.05, 4.69) is 25.3 Å². The second-order valence-electron chi connectivity index (χ2n) is 7.33. The molecule has 3 rings (SSSR count). The van der Waals surface area contributed by atoms with E-state index in [-0.39, 0.29) is 17.9 Å². The number of rotatable bonds is 4. The fraction of sp³-hybridized carbons (Fsp3) is 0.429. The Bertz CT molecular complexity index is 810. The Morgan fingerprint density at radius 3 is 2.73 bits per heavy atom. The fourth-order valence-electron chi connectivity index (χ4n) is 4.16. The largest absolute Gasteiger partial charge is 0.369 e. The molecule has 1 saturated heterocycles. The summed E-state index contributed by atoms with van der Waals surface area (Å²) < 4.78 is 0. The summed E-state index contributed by atoms with van der Waals surface area (Å²) in [5.41, 5.74) is 12.1. The lowest BCUT2D eigenvalue weighted by atomic mass is 9.95. The predicted molar refractivity (Wildman–Crippen MR) is 105 cm³/mol. The van der Waals surface area contributed by atoms with Crippen molar-refractivity contribution in [3.8, 4) is 0 Å². The Kier molecular flexibility index (Phi) is 4.90. The van der Waals surface area contributed by atoms with E-state index in [1.807, 2.05) is 19.2 Å². The zero-order valence-corrected chi connectivity index (χ0v) is 15.8. The molecule has 1 aromatic carbocycles. The number of anilines is 1. The number of allylic oxidation sites excluding steroid dienone is 2. The van der Waals surface area contributed by atoms with Gasteiger partial charge in [0.1, 0.15) is 0 Å². The lowest BCUT2D eigenvalue weighted by molar-refractivity contribution is -0.126. The maximum absolute atomic E-state index is 12.0. The minimum Gasteiger partial charge on any atom is -0.369 e. The molecule has 1 aliphatic carbocycles. The third-order valence-corrected chi connectivity index (χ3v) is 5.82. The minimum atomic E-state index is -0.372. The highest BCUT2D eigenvalue weighted by Crippen LogP contribution is 2.41. The average Bonchev–Trinajstić information content (AvgIpc) is 2.94. The number of carbonyl (C=O) groups is 2. The number of hydrogen-bond donors (Lipinski definition) is 1. The van der Waals surface area contributed by atoms with Gasteiger partial charge < -0.3 is 15.5 Å². The molecule has 1 aromatic rings. The van der Waals surface area contributed by atoms with Crippen LogP contribution in [0.5, 0.6) is 0 Å². The summed E-state index contributed by atoms with van der Waals surface area (Å²) in [5.74, 6) is -0.416. The van der Waals surface area contributed by atoms with Gasteiger partial charge >= 0.3 is 0 Å². The van der Waals surface area contributed by atoms with Crippen molar-refractivity contribution in [2.45, 2.75) is 39.2 Å². The van der Waals surface area contributed by atoms with Crippen molar-refractivity contribution in [1.82, 2.24) is 4.90 Å². The van der Waals surface area contributed by atoms with E-state index >= 15 is 0 Å². The number of nitrogens with zero attached hydrogens (tertiary/aromatic N) is 2. The second kappa shape index (κ2) is 6.98. The number of hydrogen-bond acceptors (Lipinski definition) is 3.